The number of nitrogens with two attached hydrogens (primary N) is 1. The van der Waals surface area contributed by atoms with Crippen LogP contribution < -0.4 is 11.1 Å². The number of carbonyl (C=O) groups excluding carboxylic acids is 1. The molecule has 1 amide bonds. The van der Waals surface area contributed by atoms with Crippen LogP contribution >= 0.6 is 0 Å². The van der Waals surface area contributed by atoms with Crippen molar-refractivity contribution in [2.75, 3.05) is 0 Å². The third kappa shape index (κ3) is 4.61. The average Bonchev–Trinajstić information content (AvgIpc) is 2.74. The molecule has 3 N–H and O–H groups in total. The highest BCUT2D eigenvalue weighted by atomic mass is 16.4. The van der Waals surface area contributed by atoms with Crippen molar-refractivity contribution >= 4 is 5.91 Å². The molecule has 1 atom stereocenters. The fraction of sp³-hybridized carbons (Fsp3) is 0.615. The summed E-state index contributed by atoms with van der Waals surface area (Å²) in [4.78, 5) is 11.8. The van der Waals surface area contributed by atoms with Crippen molar-refractivity contribution in [1.29, 1.82) is 0 Å². The Morgan fingerprint density at radius 3 is 2.59 bits per heavy atom. The van der Waals surface area contributed by atoms with Crippen molar-refractivity contribution in [2.45, 2.75) is 46.2 Å². The smallest absolute Gasteiger partial charge is 0.287 e. The fourth-order valence-corrected chi connectivity index (χ4v) is 1.56. The fourth-order valence-electron chi connectivity index (χ4n) is 1.56. The zero-order valence-corrected chi connectivity index (χ0v) is 10.8. The Labute approximate surface area is 103 Å². The van der Waals surface area contributed by atoms with Crippen LogP contribution in [0.4, 0.5) is 0 Å². The van der Waals surface area contributed by atoms with E-state index in [9.17, 15) is 4.79 Å². The second-order valence-electron chi connectivity index (χ2n) is 4.82. The number of nitrogens with one attached hydrogen (secondary N) is 1. The molecule has 0 saturated heterocycles. The van der Waals surface area contributed by atoms with E-state index in [1.165, 1.54) is 0 Å². The van der Waals surface area contributed by atoms with Gasteiger partial charge in [0.2, 0.25) is 0 Å². The second-order valence-corrected chi connectivity index (χ2v) is 4.82. The van der Waals surface area contributed by atoms with Gasteiger partial charge in [-0.2, -0.15) is 0 Å². The number of hydrogen-bond donors (Lipinski definition) is 2. The van der Waals surface area contributed by atoms with Gasteiger partial charge in [0, 0.05) is 6.04 Å². The number of rotatable bonds is 6. The first-order valence-corrected chi connectivity index (χ1v) is 6.12. The summed E-state index contributed by atoms with van der Waals surface area (Å²) >= 11 is 0. The van der Waals surface area contributed by atoms with Crippen LogP contribution in [0.1, 0.15) is 49.9 Å². The molecule has 1 aromatic heterocycles. The molecule has 0 aliphatic heterocycles. The van der Waals surface area contributed by atoms with Crippen molar-refractivity contribution in [2.24, 2.45) is 11.7 Å². The first-order valence-electron chi connectivity index (χ1n) is 6.12. The van der Waals surface area contributed by atoms with Crippen LogP contribution in [-0.4, -0.2) is 11.9 Å². The zero-order valence-electron chi connectivity index (χ0n) is 10.8. The van der Waals surface area contributed by atoms with Crippen LogP contribution in [0.15, 0.2) is 16.5 Å². The van der Waals surface area contributed by atoms with Crippen LogP contribution in [0.25, 0.3) is 0 Å². The first kappa shape index (κ1) is 13.8. The Kier molecular flexibility index (Phi) is 5.22. The van der Waals surface area contributed by atoms with E-state index in [0.717, 1.165) is 12.8 Å². The van der Waals surface area contributed by atoms with E-state index in [1.54, 1.807) is 12.1 Å². The molecule has 0 aliphatic rings. The summed E-state index contributed by atoms with van der Waals surface area (Å²) in [5, 5.41) is 2.92. The van der Waals surface area contributed by atoms with Crippen LogP contribution in [0.2, 0.25) is 0 Å². The quantitative estimate of drug-likeness (QED) is 0.799. The van der Waals surface area contributed by atoms with Gasteiger partial charge in [-0.1, -0.05) is 13.8 Å². The highest BCUT2D eigenvalue weighted by Gasteiger charge is 2.13. The van der Waals surface area contributed by atoms with E-state index in [4.69, 9.17) is 10.2 Å². The summed E-state index contributed by atoms with van der Waals surface area (Å²) in [6.45, 7) is 6.67. The lowest BCUT2D eigenvalue weighted by molar-refractivity contribution is 0.0907. The van der Waals surface area contributed by atoms with E-state index in [-0.39, 0.29) is 11.9 Å². The second kappa shape index (κ2) is 6.45. The monoisotopic (exact) mass is 238 g/mol. The first-order chi connectivity index (χ1) is 8.02. The van der Waals surface area contributed by atoms with Crippen molar-refractivity contribution in [3.05, 3.63) is 23.7 Å². The van der Waals surface area contributed by atoms with Crippen LogP contribution in [0.3, 0.4) is 0 Å². The molecule has 1 rings (SSSR count). The molecule has 4 heteroatoms. The zero-order chi connectivity index (χ0) is 12.8. The van der Waals surface area contributed by atoms with Crippen molar-refractivity contribution in [3.63, 3.8) is 0 Å². The van der Waals surface area contributed by atoms with Crippen LogP contribution in [-0.2, 0) is 6.54 Å². The largest absolute Gasteiger partial charge is 0.455 e. The number of furan rings is 1. The van der Waals surface area contributed by atoms with Gasteiger partial charge in [-0.05, 0) is 37.8 Å². The molecule has 17 heavy (non-hydrogen) atoms. The molecule has 0 saturated carbocycles. The van der Waals surface area contributed by atoms with E-state index in [1.807, 2.05) is 6.92 Å². The summed E-state index contributed by atoms with van der Waals surface area (Å²) in [7, 11) is 0. The maximum absolute atomic E-state index is 11.8. The number of amides is 1. The normalized spacial score (nSPS) is 12.8. The minimum Gasteiger partial charge on any atom is -0.455 e. The lowest BCUT2D eigenvalue weighted by Gasteiger charge is -2.14. The molecule has 1 unspecified atom stereocenters. The lowest BCUT2D eigenvalue weighted by Crippen LogP contribution is -2.32. The van der Waals surface area contributed by atoms with Crippen LogP contribution in [0, 0.1) is 5.92 Å². The third-order valence-corrected chi connectivity index (χ3v) is 2.64. The van der Waals surface area contributed by atoms with Gasteiger partial charge in [0.1, 0.15) is 5.76 Å². The Morgan fingerprint density at radius 2 is 2.06 bits per heavy atom. The molecule has 0 aliphatic carbocycles. The van der Waals surface area contributed by atoms with Gasteiger partial charge in [-0.15, -0.1) is 0 Å². The topological polar surface area (TPSA) is 68.3 Å². The molecule has 0 bridgehead atoms. The summed E-state index contributed by atoms with van der Waals surface area (Å²) in [5.41, 5.74) is 5.42. The van der Waals surface area contributed by atoms with E-state index < -0.39 is 0 Å². The molecule has 1 heterocycles. The van der Waals surface area contributed by atoms with Crippen LogP contribution in [0.5, 0.6) is 0 Å². The Bertz CT molecular complexity index is 358. The average molecular weight is 238 g/mol. The Hall–Kier alpha value is -1.29. The number of hydrogen-bond acceptors (Lipinski definition) is 3. The summed E-state index contributed by atoms with van der Waals surface area (Å²) in [6.07, 6.45) is 2.08. The lowest BCUT2D eigenvalue weighted by atomic mass is 10.0. The summed E-state index contributed by atoms with van der Waals surface area (Å²) in [6, 6.07) is 3.55. The predicted octanol–water partition coefficient (Wildman–Crippen LogP) is 2.29. The molecule has 0 radical (unpaired) electrons. The number of carbonyl (C=O) groups is 1. The third-order valence-electron chi connectivity index (χ3n) is 2.64. The highest BCUT2D eigenvalue weighted by Crippen LogP contribution is 2.09. The van der Waals surface area contributed by atoms with E-state index >= 15 is 0 Å². The van der Waals surface area contributed by atoms with Crippen molar-refractivity contribution in [1.82, 2.24) is 5.32 Å². The molecule has 4 nitrogen and oxygen atoms in total. The molecule has 1 aromatic rings. The van der Waals surface area contributed by atoms with E-state index in [2.05, 4.69) is 19.2 Å². The van der Waals surface area contributed by atoms with Gasteiger partial charge in [0.25, 0.3) is 5.91 Å². The minimum absolute atomic E-state index is 0.163. The standard InChI is InChI=1S/C13H22N2O2/c1-9(2)4-5-10(3)15-13(16)12-7-6-11(8-14)17-12/h6-7,9-10H,4-5,8,14H2,1-3H3,(H,15,16). The van der Waals surface area contributed by atoms with Gasteiger partial charge in [-0.25, -0.2) is 0 Å². The Morgan fingerprint density at radius 1 is 1.35 bits per heavy atom. The summed E-state index contributed by atoms with van der Waals surface area (Å²) in [5.74, 6) is 1.45. The summed E-state index contributed by atoms with van der Waals surface area (Å²) < 4.78 is 5.28. The van der Waals surface area contributed by atoms with Gasteiger partial charge >= 0.3 is 0 Å². The highest BCUT2D eigenvalue weighted by molar-refractivity contribution is 5.91. The van der Waals surface area contributed by atoms with Crippen molar-refractivity contribution in [3.8, 4) is 0 Å². The van der Waals surface area contributed by atoms with E-state index in [0.29, 0.717) is 24.0 Å². The maximum atomic E-state index is 11.8. The predicted molar refractivity (Wildman–Crippen MR) is 67.6 cm³/mol. The Balaban J connectivity index is 2.43. The molecule has 0 fully saturated rings. The SMILES string of the molecule is CC(C)CCC(C)NC(=O)c1ccc(CN)o1. The molecular formula is C13H22N2O2. The van der Waals surface area contributed by atoms with Crippen molar-refractivity contribution < 1.29 is 9.21 Å². The van der Waals surface area contributed by atoms with Gasteiger partial charge < -0.3 is 15.5 Å². The molecular weight excluding hydrogens is 216 g/mol. The van der Waals surface area contributed by atoms with Gasteiger partial charge in [-0.3, -0.25) is 4.79 Å². The molecule has 96 valence electrons. The van der Waals surface area contributed by atoms with Gasteiger partial charge in [0.15, 0.2) is 5.76 Å². The van der Waals surface area contributed by atoms with Gasteiger partial charge in [0.05, 0.1) is 6.54 Å². The molecule has 0 aromatic carbocycles. The minimum atomic E-state index is -0.166. The molecule has 0 spiro atoms. The maximum Gasteiger partial charge on any atom is 0.287 e.